The minimum absolute atomic E-state index is 0.111. The molecule has 1 amide bonds. The first-order valence-corrected chi connectivity index (χ1v) is 5.87. The van der Waals surface area contributed by atoms with E-state index in [2.05, 4.69) is 19.2 Å². The van der Waals surface area contributed by atoms with Crippen LogP contribution in [0, 0.1) is 0 Å². The fraction of sp³-hybridized carbons (Fsp3) is 0.917. The van der Waals surface area contributed by atoms with Gasteiger partial charge in [0.1, 0.15) is 0 Å². The molecule has 0 atom stereocenters. The van der Waals surface area contributed by atoms with Crippen LogP contribution in [0.4, 0.5) is 0 Å². The molecule has 4 nitrogen and oxygen atoms in total. The highest BCUT2D eigenvalue weighted by atomic mass is 16.5. The van der Waals surface area contributed by atoms with Crippen molar-refractivity contribution in [2.75, 3.05) is 26.8 Å². The van der Waals surface area contributed by atoms with Crippen LogP contribution in [0.2, 0.25) is 0 Å². The van der Waals surface area contributed by atoms with Crippen molar-refractivity contribution in [2.45, 2.75) is 45.2 Å². The standard InChI is InChI=1S/C12H24N2O2/c1-11(2)9-13-12(3,4)10(15)14(11)7-6-8-16-5/h13H,6-9H2,1-5H3. The molecule has 0 spiro atoms. The van der Waals surface area contributed by atoms with Crippen LogP contribution >= 0.6 is 0 Å². The number of hydrogen-bond donors (Lipinski definition) is 1. The van der Waals surface area contributed by atoms with Gasteiger partial charge in [-0.2, -0.15) is 0 Å². The summed E-state index contributed by atoms with van der Waals surface area (Å²) in [5.74, 6) is 0.180. The fourth-order valence-corrected chi connectivity index (χ4v) is 1.99. The molecule has 0 aromatic carbocycles. The molecule has 1 rings (SSSR count). The van der Waals surface area contributed by atoms with Crippen LogP contribution in [-0.2, 0) is 9.53 Å². The van der Waals surface area contributed by atoms with E-state index in [4.69, 9.17) is 4.74 Å². The van der Waals surface area contributed by atoms with E-state index in [1.54, 1.807) is 7.11 Å². The van der Waals surface area contributed by atoms with Crippen LogP contribution in [-0.4, -0.2) is 48.7 Å². The molecule has 0 bridgehead atoms. The maximum Gasteiger partial charge on any atom is 0.242 e. The third-order valence-corrected chi connectivity index (χ3v) is 3.20. The number of carbonyl (C=O) groups excluding carboxylic acids is 1. The Labute approximate surface area is 98.3 Å². The second kappa shape index (κ2) is 4.72. The monoisotopic (exact) mass is 228 g/mol. The van der Waals surface area contributed by atoms with Gasteiger partial charge in [-0.3, -0.25) is 4.79 Å². The summed E-state index contributed by atoms with van der Waals surface area (Å²) in [5.41, 5.74) is -0.553. The lowest BCUT2D eigenvalue weighted by atomic mass is 9.90. The van der Waals surface area contributed by atoms with E-state index in [-0.39, 0.29) is 11.4 Å². The van der Waals surface area contributed by atoms with Crippen LogP contribution in [0.5, 0.6) is 0 Å². The van der Waals surface area contributed by atoms with Gasteiger partial charge in [-0.05, 0) is 34.1 Å². The lowest BCUT2D eigenvalue weighted by Crippen LogP contribution is -2.69. The number of nitrogens with zero attached hydrogens (tertiary/aromatic N) is 1. The van der Waals surface area contributed by atoms with Gasteiger partial charge in [0.25, 0.3) is 0 Å². The highest BCUT2D eigenvalue weighted by molar-refractivity contribution is 5.87. The Morgan fingerprint density at radius 1 is 1.38 bits per heavy atom. The zero-order valence-corrected chi connectivity index (χ0v) is 11.1. The van der Waals surface area contributed by atoms with Crippen molar-refractivity contribution >= 4 is 5.91 Å². The number of piperazine rings is 1. The molecule has 0 saturated carbocycles. The normalized spacial score (nSPS) is 23.6. The van der Waals surface area contributed by atoms with Crippen molar-refractivity contribution in [1.29, 1.82) is 0 Å². The van der Waals surface area contributed by atoms with Crippen molar-refractivity contribution in [2.24, 2.45) is 0 Å². The van der Waals surface area contributed by atoms with E-state index in [0.29, 0.717) is 6.61 Å². The van der Waals surface area contributed by atoms with Gasteiger partial charge in [-0.25, -0.2) is 0 Å². The second-order valence-corrected chi connectivity index (χ2v) is 5.59. The molecule has 0 aliphatic carbocycles. The Kier molecular flexibility index (Phi) is 3.97. The van der Waals surface area contributed by atoms with E-state index < -0.39 is 5.54 Å². The lowest BCUT2D eigenvalue weighted by Gasteiger charge is -2.49. The molecule has 0 aromatic heterocycles. The Bertz CT molecular complexity index is 262. The molecule has 1 N–H and O–H groups in total. The van der Waals surface area contributed by atoms with Gasteiger partial charge in [0.05, 0.1) is 5.54 Å². The first-order valence-electron chi connectivity index (χ1n) is 5.87. The summed E-state index contributed by atoms with van der Waals surface area (Å²) in [6.07, 6.45) is 0.891. The Morgan fingerprint density at radius 3 is 2.56 bits per heavy atom. The number of ether oxygens (including phenoxy) is 1. The van der Waals surface area contributed by atoms with Gasteiger partial charge in [0, 0.05) is 32.3 Å². The molecule has 0 radical (unpaired) electrons. The fourth-order valence-electron chi connectivity index (χ4n) is 1.99. The summed E-state index contributed by atoms with van der Waals surface area (Å²) in [6, 6.07) is 0. The third-order valence-electron chi connectivity index (χ3n) is 3.20. The van der Waals surface area contributed by atoms with Crippen molar-refractivity contribution in [3.63, 3.8) is 0 Å². The molecule has 1 fully saturated rings. The number of nitrogens with one attached hydrogen (secondary N) is 1. The second-order valence-electron chi connectivity index (χ2n) is 5.59. The van der Waals surface area contributed by atoms with Gasteiger partial charge in [-0.1, -0.05) is 0 Å². The highest BCUT2D eigenvalue weighted by Gasteiger charge is 2.43. The van der Waals surface area contributed by atoms with Gasteiger partial charge < -0.3 is 15.0 Å². The maximum absolute atomic E-state index is 12.3. The van der Waals surface area contributed by atoms with E-state index in [9.17, 15) is 4.79 Å². The summed E-state index contributed by atoms with van der Waals surface area (Å²) in [7, 11) is 1.69. The third kappa shape index (κ3) is 2.74. The molecule has 0 unspecified atom stereocenters. The van der Waals surface area contributed by atoms with Gasteiger partial charge in [-0.15, -0.1) is 0 Å². The van der Waals surface area contributed by atoms with Gasteiger partial charge >= 0.3 is 0 Å². The zero-order valence-electron chi connectivity index (χ0n) is 11.1. The van der Waals surface area contributed by atoms with E-state index in [0.717, 1.165) is 19.5 Å². The topological polar surface area (TPSA) is 41.6 Å². The number of hydrogen-bond acceptors (Lipinski definition) is 3. The van der Waals surface area contributed by atoms with Gasteiger partial charge in [0.2, 0.25) is 5.91 Å². The van der Waals surface area contributed by atoms with Gasteiger partial charge in [0.15, 0.2) is 0 Å². The minimum Gasteiger partial charge on any atom is -0.385 e. The van der Waals surface area contributed by atoms with Crippen LogP contribution in [0.3, 0.4) is 0 Å². The van der Waals surface area contributed by atoms with Crippen molar-refractivity contribution in [3.05, 3.63) is 0 Å². The van der Waals surface area contributed by atoms with E-state index >= 15 is 0 Å². The molecular weight excluding hydrogens is 204 g/mol. The molecule has 1 aliphatic heterocycles. The van der Waals surface area contributed by atoms with Crippen molar-refractivity contribution in [1.82, 2.24) is 10.2 Å². The Balaban J connectivity index is 2.70. The number of rotatable bonds is 4. The summed E-state index contributed by atoms with van der Waals surface area (Å²) < 4.78 is 5.03. The SMILES string of the molecule is COCCCN1C(=O)C(C)(C)NCC1(C)C. The largest absolute Gasteiger partial charge is 0.385 e. The molecule has 16 heavy (non-hydrogen) atoms. The molecule has 0 aromatic rings. The molecule has 1 heterocycles. The number of methoxy groups -OCH3 is 1. The zero-order chi connectivity index (χ0) is 12.4. The molecule has 1 saturated heterocycles. The quantitative estimate of drug-likeness (QED) is 0.730. The average Bonchev–Trinajstić information content (AvgIpc) is 2.19. The highest BCUT2D eigenvalue weighted by Crippen LogP contribution is 2.24. The lowest BCUT2D eigenvalue weighted by molar-refractivity contribution is -0.147. The Morgan fingerprint density at radius 2 is 2.00 bits per heavy atom. The van der Waals surface area contributed by atoms with Crippen LogP contribution in [0.25, 0.3) is 0 Å². The van der Waals surface area contributed by atoms with E-state index in [1.165, 1.54) is 0 Å². The van der Waals surface area contributed by atoms with Crippen LogP contribution < -0.4 is 5.32 Å². The number of carbonyl (C=O) groups is 1. The predicted molar refractivity (Wildman–Crippen MR) is 64.4 cm³/mol. The summed E-state index contributed by atoms with van der Waals surface area (Å²) in [5, 5.41) is 3.30. The predicted octanol–water partition coefficient (Wildman–Crippen LogP) is 1.01. The summed E-state index contributed by atoms with van der Waals surface area (Å²) in [6.45, 7) is 10.4. The van der Waals surface area contributed by atoms with Crippen molar-refractivity contribution in [3.8, 4) is 0 Å². The molecule has 4 heteroatoms. The molecule has 94 valence electrons. The Hall–Kier alpha value is -0.610. The average molecular weight is 228 g/mol. The first kappa shape index (κ1) is 13.5. The maximum atomic E-state index is 12.3. The van der Waals surface area contributed by atoms with Crippen molar-refractivity contribution < 1.29 is 9.53 Å². The molecular formula is C12H24N2O2. The molecule has 1 aliphatic rings. The number of amides is 1. The minimum atomic E-state index is -0.442. The summed E-state index contributed by atoms with van der Waals surface area (Å²) in [4.78, 5) is 14.3. The smallest absolute Gasteiger partial charge is 0.242 e. The summed E-state index contributed by atoms with van der Waals surface area (Å²) >= 11 is 0. The first-order chi connectivity index (χ1) is 7.31. The van der Waals surface area contributed by atoms with E-state index in [1.807, 2.05) is 18.7 Å². The van der Waals surface area contributed by atoms with Crippen LogP contribution in [0.1, 0.15) is 34.1 Å². The van der Waals surface area contributed by atoms with Crippen LogP contribution in [0.15, 0.2) is 0 Å².